The number of aryl methyl sites for hydroxylation is 1. The molecular weight excluding hydrogens is 473 g/mol. The number of nitrogens with zero attached hydrogens (tertiary/aromatic N) is 2. The van der Waals surface area contributed by atoms with E-state index in [2.05, 4.69) is 32.2 Å². The van der Waals surface area contributed by atoms with Crippen molar-refractivity contribution in [2.75, 3.05) is 11.1 Å². The summed E-state index contributed by atoms with van der Waals surface area (Å²) >= 11 is 19.3. The molecule has 3 rings (SSSR count). The maximum Gasteiger partial charge on any atom is 0.234 e. The normalized spacial score (nSPS) is 15.8. The van der Waals surface area contributed by atoms with Crippen LogP contribution in [-0.4, -0.2) is 16.6 Å². The van der Waals surface area contributed by atoms with Crippen molar-refractivity contribution in [3.05, 3.63) is 50.1 Å². The number of nitrogens with one attached hydrogen (secondary N) is 1. The van der Waals surface area contributed by atoms with Gasteiger partial charge in [-0.2, -0.15) is 5.26 Å². The molecular formula is C23H24Cl3N3OS. The SMILES string of the molecule is CCC(C)(C)C1CCc2nc(SCC(=O)Nc3cc(Cl)c(Cl)cc3Cl)c(C#N)cc2C1. The minimum absolute atomic E-state index is 0.0997. The van der Waals surface area contributed by atoms with Gasteiger partial charge in [0.15, 0.2) is 0 Å². The molecule has 1 aliphatic carbocycles. The summed E-state index contributed by atoms with van der Waals surface area (Å²) in [5.41, 5.74) is 3.37. The van der Waals surface area contributed by atoms with Crippen LogP contribution in [0.25, 0.3) is 0 Å². The summed E-state index contributed by atoms with van der Waals surface area (Å²) in [6, 6.07) is 7.20. The number of carbonyl (C=O) groups excluding carboxylic acids is 1. The number of nitriles is 1. The molecule has 8 heteroatoms. The molecule has 0 aliphatic heterocycles. The zero-order valence-corrected chi connectivity index (χ0v) is 20.8. The Bertz CT molecular complexity index is 1050. The average molecular weight is 497 g/mol. The fourth-order valence-corrected chi connectivity index (χ4v) is 5.10. The lowest BCUT2D eigenvalue weighted by Gasteiger charge is -2.37. The van der Waals surface area contributed by atoms with Crippen LogP contribution < -0.4 is 5.32 Å². The van der Waals surface area contributed by atoms with Gasteiger partial charge in [0, 0.05) is 5.69 Å². The first-order valence-corrected chi connectivity index (χ1v) is 12.3. The second-order valence-electron chi connectivity index (χ2n) is 8.42. The number of aromatic nitrogens is 1. The first-order chi connectivity index (χ1) is 14.6. The third-order valence-electron chi connectivity index (χ3n) is 6.11. The fraction of sp³-hybridized carbons (Fsp3) is 0.435. The van der Waals surface area contributed by atoms with Crippen LogP contribution in [0.4, 0.5) is 5.69 Å². The molecule has 0 saturated carbocycles. The summed E-state index contributed by atoms with van der Waals surface area (Å²) in [6.07, 6.45) is 4.05. The predicted octanol–water partition coefficient (Wildman–Crippen LogP) is 7.19. The van der Waals surface area contributed by atoms with Gasteiger partial charge >= 0.3 is 0 Å². The standard InChI is InChI=1S/C23H24Cl3N3OS/c1-4-23(2,3)15-5-6-19-13(8-15)7-14(11-27)22(29-19)31-12-21(30)28-20-10-17(25)16(24)9-18(20)26/h7,9-10,15H,4-6,8,12H2,1-3H3,(H,28,30). The summed E-state index contributed by atoms with van der Waals surface area (Å²) in [5, 5.41) is 13.9. The Morgan fingerprint density at radius 2 is 1.97 bits per heavy atom. The highest BCUT2D eigenvalue weighted by atomic mass is 35.5. The van der Waals surface area contributed by atoms with Crippen molar-refractivity contribution >= 4 is 58.2 Å². The summed E-state index contributed by atoms with van der Waals surface area (Å²) < 4.78 is 0. The van der Waals surface area contributed by atoms with Crippen LogP contribution in [0.5, 0.6) is 0 Å². The fourth-order valence-electron chi connectivity index (χ4n) is 3.73. The zero-order chi connectivity index (χ0) is 22.8. The van der Waals surface area contributed by atoms with Gasteiger partial charge in [0.2, 0.25) is 5.91 Å². The van der Waals surface area contributed by atoms with Crippen LogP contribution in [0.3, 0.4) is 0 Å². The van der Waals surface area contributed by atoms with Crippen LogP contribution in [0.1, 0.15) is 50.4 Å². The molecule has 1 aliphatic rings. The van der Waals surface area contributed by atoms with E-state index in [0.29, 0.717) is 37.3 Å². The van der Waals surface area contributed by atoms with E-state index in [0.717, 1.165) is 36.9 Å². The molecule has 0 saturated heterocycles. The lowest BCUT2D eigenvalue weighted by Crippen LogP contribution is -2.29. The monoisotopic (exact) mass is 495 g/mol. The molecule has 0 radical (unpaired) electrons. The van der Waals surface area contributed by atoms with E-state index in [-0.39, 0.29) is 17.1 Å². The number of anilines is 1. The lowest BCUT2D eigenvalue weighted by atomic mass is 9.69. The number of thioether (sulfide) groups is 1. The Hall–Kier alpha value is -1.45. The minimum atomic E-state index is -0.265. The summed E-state index contributed by atoms with van der Waals surface area (Å²) in [6.45, 7) is 6.85. The molecule has 0 fully saturated rings. The number of carbonyl (C=O) groups is 1. The van der Waals surface area contributed by atoms with E-state index in [9.17, 15) is 10.1 Å². The Kier molecular flexibility index (Phi) is 7.81. The molecule has 4 nitrogen and oxygen atoms in total. The lowest BCUT2D eigenvalue weighted by molar-refractivity contribution is -0.113. The van der Waals surface area contributed by atoms with Crippen molar-refractivity contribution < 1.29 is 4.79 Å². The Balaban J connectivity index is 1.71. The van der Waals surface area contributed by atoms with E-state index in [1.807, 2.05) is 6.07 Å². The van der Waals surface area contributed by atoms with E-state index in [1.165, 1.54) is 23.9 Å². The van der Waals surface area contributed by atoms with E-state index in [4.69, 9.17) is 39.8 Å². The number of hydrogen-bond donors (Lipinski definition) is 1. The van der Waals surface area contributed by atoms with Crippen molar-refractivity contribution in [2.24, 2.45) is 11.3 Å². The van der Waals surface area contributed by atoms with Gasteiger partial charge in [-0.25, -0.2) is 4.98 Å². The summed E-state index contributed by atoms with van der Waals surface area (Å²) in [4.78, 5) is 17.2. The highest BCUT2D eigenvalue weighted by Crippen LogP contribution is 2.40. The number of amides is 1. The molecule has 1 heterocycles. The van der Waals surface area contributed by atoms with Crippen LogP contribution in [0, 0.1) is 22.7 Å². The van der Waals surface area contributed by atoms with Gasteiger partial charge in [0.05, 0.1) is 32.1 Å². The molecule has 1 N–H and O–H groups in total. The van der Waals surface area contributed by atoms with Gasteiger partial charge in [-0.3, -0.25) is 4.79 Å². The minimum Gasteiger partial charge on any atom is -0.324 e. The van der Waals surface area contributed by atoms with Gasteiger partial charge in [-0.1, -0.05) is 73.8 Å². The van der Waals surface area contributed by atoms with Gasteiger partial charge < -0.3 is 5.32 Å². The number of benzene rings is 1. The molecule has 0 bridgehead atoms. The summed E-state index contributed by atoms with van der Waals surface area (Å²) in [7, 11) is 0. The maximum absolute atomic E-state index is 12.4. The number of pyridine rings is 1. The molecule has 0 spiro atoms. The largest absolute Gasteiger partial charge is 0.324 e. The van der Waals surface area contributed by atoms with Crippen molar-refractivity contribution in [2.45, 2.75) is 51.5 Å². The first kappa shape index (κ1) is 24.2. The molecule has 1 aromatic heterocycles. The molecule has 1 amide bonds. The second-order valence-corrected chi connectivity index (χ2v) is 10.6. The molecule has 1 atom stereocenters. The highest BCUT2D eigenvalue weighted by molar-refractivity contribution is 8.00. The van der Waals surface area contributed by atoms with Crippen LogP contribution in [0.2, 0.25) is 15.1 Å². The maximum atomic E-state index is 12.4. The molecule has 164 valence electrons. The van der Waals surface area contributed by atoms with Crippen LogP contribution >= 0.6 is 46.6 Å². The van der Waals surface area contributed by atoms with Crippen LogP contribution in [-0.2, 0) is 17.6 Å². The molecule has 1 aromatic carbocycles. The van der Waals surface area contributed by atoms with Gasteiger partial charge in [-0.15, -0.1) is 0 Å². The highest BCUT2D eigenvalue weighted by Gasteiger charge is 2.32. The molecule has 2 aromatic rings. The van der Waals surface area contributed by atoms with Crippen molar-refractivity contribution in [1.29, 1.82) is 5.26 Å². The van der Waals surface area contributed by atoms with Gasteiger partial charge in [-0.05, 0) is 54.4 Å². The van der Waals surface area contributed by atoms with Gasteiger partial charge in [0.1, 0.15) is 11.1 Å². The quantitative estimate of drug-likeness (QED) is 0.339. The van der Waals surface area contributed by atoms with Crippen LogP contribution in [0.15, 0.2) is 23.2 Å². The summed E-state index contributed by atoms with van der Waals surface area (Å²) in [5.74, 6) is 0.416. The predicted molar refractivity (Wildman–Crippen MR) is 129 cm³/mol. The van der Waals surface area contributed by atoms with Crippen molar-refractivity contribution in [1.82, 2.24) is 4.98 Å². The third-order valence-corrected chi connectivity index (χ3v) is 8.14. The Labute approximate surface area is 202 Å². The van der Waals surface area contributed by atoms with Crippen molar-refractivity contribution in [3.63, 3.8) is 0 Å². The number of halogens is 3. The smallest absolute Gasteiger partial charge is 0.234 e. The Morgan fingerprint density at radius 3 is 2.65 bits per heavy atom. The topological polar surface area (TPSA) is 65.8 Å². The van der Waals surface area contributed by atoms with E-state index in [1.54, 1.807) is 0 Å². The first-order valence-electron chi connectivity index (χ1n) is 10.1. The molecule has 31 heavy (non-hydrogen) atoms. The average Bonchev–Trinajstić information content (AvgIpc) is 2.74. The number of fused-ring (bicyclic) bond motifs is 1. The van der Waals surface area contributed by atoms with Crippen molar-refractivity contribution in [3.8, 4) is 6.07 Å². The number of hydrogen-bond acceptors (Lipinski definition) is 4. The van der Waals surface area contributed by atoms with Gasteiger partial charge in [0.25, 0.3) is 0 Å². The third kappa shape index (κ3) is 5.68. The number of rotatable bonds is 6. The molecule has 1 unspecified atom stereocenters. The van der Waals surface area contributed by atoms with E-state index >= 15 is 0 Å². The zero-order valence-electron chi connectivity index (χ0n) is 17.7. The second kappa shape index (κ2) is 10.0. The van der Waals surface area contributed by atoms with E-state index < -0.39 is 0 Å². The Morgan fingerprint density at radius 1 is 1.26 bits per heavy atom.